The van der Waals surface area contributed by atoms with Gasteiger partial charge in [0.25, 0.3) is 0 Å². The Hall–Kier alpha value is -1.36. The van der Waals surface area contributed by atoms with Gasteiger partial charge in [-0.15, -0.1) is 0 Å². The van der Waals surface area contributed by atoms with Gasteiger partial charge in [0.05, 0.1) is 0 Å². The molecule has 1 aromatic heterocycles. The molecule has 1 fully saturated rings. The van der Waals surface area contributed by atoms with Gasteiger partial charge in [0.2, 0.25) is 0 Å². The van der Waals surface area contributed by atoms with Crippen molar-refractivity contribution in [2.75, 3.05) is 30.4 Å². The topological polar surface area (TPSA) is 53.1 Å². The highest BCUT2D eigenvalue weighted by Gasteiger charge is 2.20. The average Bonchev–Trinajstić information content (AvgIpc) is 2.92. The second-order valence-electron chi connectivity index (χ2n) is 4.97. The molecule has 1 saturated heterocycles. The Morgan fingerprint density at radius 2 is 2.39 bits per heavy atom. The summed E-state index contributed by atoms with van der Waals surface area (Å²) in [5.74, 6) is 1.90. The van der Waals surface area contributed by atoms with E-state index in [4.69, 9.17) is 0 Å². The van der Waals surface area contributed by atoms with Crippen LogP contribution in [0.3, 0.4) is 0 Å². The van der Waals surface area contributed by atoms with Gasteiger partial charge in [0.1, 0.15) is 18.0 Å². The third-order valence-electron chi connectivity index (χ3n) is 3.60. The Balaban J connectivity index is 2.06. The average molecular weight is 249 g/mol. The summed E-state index contributed by atoms with van der Waals surface area (Å²) in [4.78, 5) is 10.9. The quantitative estimate of drug-likeness (QED) is 0.828. The lowest BCUT2D eigenvalue weighted by molar-refractivity contribution is 0.676. The van der Waals surface area contributed by atoms with E-state index in [9.17, 15) is 0 Å². The molecule has 0 radical (unpaired) electrons. The lowest BCUT2D eigenvalue weighted by Crippen LogP contribution is -2.34. The standard InChI is InChI=1S/C13H23N5/c1-4-10(2)17-12-7-13(16-9-15-12)18(3)11-5-6-14-8-11/h7,9-11,14H,4-6,8H2,1-3H3,(H,15,16,17). The van der Waals surface area contributed by atoms with Crippen LogP contribution in [0.1, 0.15) is 26.7 Å². The van der Waals surface area contributed by atoms with Crippen LogP contribution in [0.4, 0.5) is 11.6 Å². The highest BCUT2D eigenvalue weighted by molar-refractivity contribution is 5.49. The summed E-state index contributed by atoms with van der Waals surface area (Å²) in [5, 5.41) is 6.76. The van der Waals surface area contributed by atoms with Gasteiger partial charge in [0.15, 0.2) is 0 Å². The van der Waals surface area contributed by atoms with Crippen LogP contribution in [-0.2, 0) is 0 Å². The van der Waals surface area contributed by atoms with Crippen LogP contribution in [0.25, 0.3) is 0 Å². The molecule has 2 heterocycles. The minimum Gasteiger partial charge on any atom is -0.367 e. The van der Waals surface area contributed by atoms with Crippen LogP contribution >= 0.6 is 0 Å². The summed E-state index contributed by atoms with van der Waals surface area (Å²) in [6.07, 6.45) is 3.90. The lowest BCUT2D eigenvalue weighted by atomic mass is 10.2. The molecule has 1 aliphatic rings. The number of anilines is 2. The monoisotopic (exact) mass is 249 g/mol. The predicted molar refractivity (Wildman–Crippen MR) is 75.1 cm³/mol. The maximum Gasteiger partial charge on any atom is 0.134 e. The number of hydrogen-bond acceptors (Lipinski definition) is 5. The molecule has 0 aromatic carbocycles. The molecular formula is C13H23N5. The van der Waals surface area contributed by atoms with Crippen molar-refractivity contribution in [3.63, 3.8) is 0 Å². The summed E-state index contributed by atoms with van der Waals surface area (Å²) in [6.45, 7) is 6.45. The van der Waals surface area contributed by atoms with Gasteiger partial charge in [-0.3, -0.25) is 0 Å². The van der Waals surface area contributed by atoms with Crippen LogP contribution in [0.5, 0.6) is 0 Å². The predicted octanol–water partition coefficient (Wildman–Crippen LogP) is 1.49. The van der Waals surface area contributed by atoms with Crippen LogP contribution in [0.15, 0.2) is 12.4 Å². The molecule has 5 nitrogen and oxygen atoms in total. The van der Waals surface area contributed by atoms with Crippen LogP contribution < -0.4 is 15.5 Å². The minimum absolute atomic E-state index is 0.436. The second-order valence-corrected chi connectivity index (χ2v) is 4.97. The Kier molecular flexibility index (Phi) is 4.36. The fraction of sp³-hybridized carbons (Fsp3) is 0.692. The smallest absolute Gasteiger partial charge is 0.134 e. The molecule has 2 N–H and O–H groups in total. The van der Waals surface area contributed by atoms with Crippen LogP contribution in [-0.4, -0.2) is 42.2 Å². The number of aromatic nitrogens is 2. The molecule has 2 rings (SSSR count). The number of nitrogens with zero attached hydrogens (tertiary/aromatic N) is 3. The van der Waals surface area contributed by atoms with Crippen molar-refractivity contribution in [1.82, 2.24) is 15.3 Å². The van der Waals surface area contributed by atoms with Gasteiger partial charge in [-0.2, -0.15) is 0 Å². The Morgan fingerprint density at radius 3 is 3.06 bits per heavy atom. The van der Waals surface area contributed by atoms with Crippen molar-refractivity contribution in [2.24, 2.45) is 0 Å². The Labute approximate surface area is 109 Å². The van der Waals surface area contributed by atoms with Gasteiger partial charge in [0, 0.05) is 31.7 Å². The molecular weight excluding hydrogens is 226 g/mol. The summed E-state index contributed by atoms with van der Waals surface area (Å²) in [6, 6.07) is 3.01. The highest BCUT2D eigenvalue weighted by atomic mass is 15.2. The van der Waals surface area contributed by atoms with E-state index in [1.54, 1.807) is 6.33 Å². The van der Waals surface area contributed by atoms with Gasteiger partial charge < -0.3 is 15.5 Å². The molecule has 18 heavy (non-hydrogen) atoms. The van der Waals surface area contributed by atoms with E-state index >= 15 is 0 Å². The Bertz CT molecular complexity index is 375. The van der Waals surface area contributed by atoms with E-state index in [1.807, 2.05) is 6.07 Å². The number of rotatable bonds is 5. The fourth-order valence-corrected chi connectivity index (χ4v) is 2.13. The molecule has 0 spiro atoms. The summed E-state index contributed by atoms with van der Waals surface area (Å²) in [7, 11) is 2.10. The molecule has 0 amide bonds. The van der Waals surface area contributed by atoms with Gasteiger partial charge >= 0.3 is 0 Å². The molecule has 1 aliphatic heterocycles. The molecule has 1 aromatic rings. The van der Waals surface area contributed by atoms with Crippen LogP contribution in [0.2, 0.25) is 0 Å². The molecule has 0 saturated carbocycles. The van der Waals surface area contributed by atoms with Gasteiger partial charge in [-0.25, -0.2) is 9.97 Å². The normalized spacial score (nSPS) is 20.7. The van der Waals surface area contributed by atoms with E-state index in [1.165, 1.54) is 6.42 Å². The third kappa shape index (κ3) is 3.10. The number of likely N-dealkylation sites (N-methyl/N-ethyl adjacent to an activating group) is 1. The molecule has 100 valence electrons. The van der Waals surface area contributed by atoms with Crippen molar-refractivity contribution >= 4 is 11.6 Å². The first kappa shape index (κ1) is 13.1. The summed E-state index contributed by atoms with van der Waals surface area (Å²) in [5.41, 5.74) is 0. The van der Waals surface area contributed by atoms with Crippen molar-refractivity contribution in [1.29, 1.82) is 0 Å². The van der Waals surface area contributed by atoms with E-state index in [0.717, 1.165) is 31.1 Å². The third-order valence-corrected chi connectivity index (χ3v) is 3.60. The van der Waals surface area contributed by atoms with Gasteiger partial charge in [-0.1, -0.05) is 6.92 Å². The van der Waals surface area contributed by atoms with E-state index in [-0.39, 0.29) is 0 Å². The summed E-state index contributed by atoms with van der Waals surface area (Å²) < 4.78 is 0. The van der Waals surface area contributed by atoms with Crippen LogP contribution in [0, 0.1) is 0 Å². The van der Waals surface area contributed by atoms with Crippen molar-refractivity contribution in [3.8, 4) is 0 Å². The van der Waals surface area contributed by atoms with Crippen molar-refractivity contribution in [2.45, 2.75) is 38.8 Å². The molecule has 0 aliphatic carbocycles. The number of nitrogens with one attached hydrogen (secondary N) is 2. The van der Waals surface area contributed by atoms with Gasteiger partial charge in [-0.05, 0) is 26.3 Å². The first-order chi connectivity index (χ1) is 8.70. The van der Waals surface area contributed by atoms with E-state index in [2.05, 4.69) is 46.4 Å². The lowest BCUT2D eigenvalue weighted by Gasteiger charge is -2.25. The maximum atomic E-state index is 4.36. The minimum atomic E-state index is 0.436. The van der Waals surface area contributed by atoms with E-state index in [0.29, 0.717) is 12.1 Å². The SMILES string of the molecule is CCC(C)Nc1cc(N(C)C2CCNC2)ncn1. The first-order valence-electron chi connectivity index (χ1n) is 6.72. The zero-order valence-corrected chi connectivity index (χ0v) is 11.5. The zero-order valence-electron chi connectivity index (χ0n) is 11.5. The van der Waals surface area contributed by atoms with Crippen molar-refractivity contribution in [3.05, 3.63) is 12.4 Å². The highest BCUT2D eigenvalue weighted by Crippen LogP contribution is 2.18. The first-order valence-corrected chi connectivity index (χ1v) is 6.72. The fourth-order valence-electron chi connectivity index (χ4n) is 2.13. The number of hydrogen-bond donors (Lipinski definition) is 2. The molecule has 0 bridgehead atoms. The largest absolute Gasteiger partial charge is 0.367 e. The zero-order chi connectivity index (χ0) is 13.0. The molecule has 2 atom stereocenters. The Morgan fingerprint density at radius 1 is 1.56 bits per heavy atom. The molecule has 5 heteroatoms. The second kappa shape index (κ2) is 6.00. The van der Waals surface area contributed by atoms with Crippen molar-refractivity contribution < 1.29 is 0 Å². The van der Waals surface area contributed by atoms with E-state index < -0.39 is 0 Å². The maximum absolute atomic E-state index is 4.36. The molecule has 2 unspecified atom stereocenters. The summed E-state index contributed by atoms with van der Waals surface area (Å²) >= 11 is 0.